The van der Waals surface area contributed by atoms with Gasteiger partial charge in [-0.25, -0.2) is 4.31 Å². The number of fused-ring (bicyclic) bond motifs is 1. The van der Waals surface area contributed by atoms with E-state index in [2.05, 4.69) is 56.1 Å². The van der Waals surface area contributed by atoms with E-state index in [1.807, 2.05) is 23.5 Å². The fourth-order valence-electron chi connectivity index (χ4n) is 3.15. The Labute approximate surface area is 140 Å². The van der Waals surface area contributed by atoms with Crippen molar-refractivity contribution in [3.8, 4) is 0 Å². The van der Waals surface area contributed by atoms with Crippen molar-refractivity contribution in [1.29, 1.82) is 0 Å². The minimum atomic E-state index is 1.10. The van der Waals surface area contributed by atoms with E-state index in [0.29, 0.717) is 0 Å². The zero-order chi connectivity index (χ0) is 15.1. The summed E-state index contributed by atoms with van der Waals surface area (Å²) in [4.78, 5) is 4.97. The summed E-state index contributed by atoms with van der Waals surface area (Å²) < 4.78 is 6.12. The molecule has 0 unspecified atom stereocenters. The first-order valence-corrected chi connectivity index (χ1v) is 9.43. The summed E-state index contributed by atoms with van der Waals surface area (Å²) in [5, 5.41) is 3.63. The quantitative estimate of drug-likeness (QED) is 0.781. The molecule has 6 heteroatoms. The van der Waals surface area contributed by atoms with Gasteiger partial charge in [0, 0.05) is 67.2 Å². The van der Waals surface area contributed by atoms with Crippen LogP contribution in [0.25, 0.3) is 10.1 Å². The molecule has 4 nitrogen and oxygen atoms in total. The van der Waals surface area contributed by atoms with E-state index in [9.17, 15) is 0 Å². The predicted octanol–water partition coefficient (Wildman–Crippen LogP) is 2.97. The lowest BCUT2D eigenvalue weighted by Crippen LogP contribution is -2.44. The number of rotatable bonds is 2. The van der Waals surface area contributed by atoms with Crippen LogP contribution in [0.3, 0.4) is 0 Å². The Morgan fingerprint density at radius 2 is 1.77 bits per heavy atom. The highest BCUT2D eigenvalue weighted by atomic mass is 32.2. The minimum absolute atomic E-state index is 1.10. The highest BCUT2D eigenvalue weighted by molar-refractivity contribution is 7.98. The van der Waals surface area contributed by atoms with Crippen LogP contribution < -0.4 is 9.21 Å². The second kappa shape index (κ2) is 5.92. The number of hydrogen-bond acceptors (Lipinski definition) is 6. The maximum Gasteiger partial charge on any atom is 0.0517 e. The molecule has 2 saturated heterocycles. The van der Waals surface area contributed by atoms with Gasteiger partial charge in [-0.3, -0.25) is 0 Å². The molecule has 22 heavy (non-hydrogen) atoms. The third-order valence-corrected chi connectivity index (χ3v) is 6.44. The van der Waals surface area contributed by atoms with E-state index < -0.39 is 0 Å². The van der Waals surface area contributed by atoms with Gasteiger partial charge in [-0.05, 0) is 37.7 Å². The summed E-state index contributed by atoms with van der Waals surface area (Å²) in [6, 6.07) is 7.03. The third kappa shape index (κ3) is 2.69. The molecule has 0 spiro atoms. The molecule has 0 atom stereocenters. The largest absolute Gasteiger partial charge is 0.368 e. The monoisotopic (exact) mass is 334 g/mol. The summed E-state index contributed by atoms with van der Waals surface area (Å²) in [6.45, 7) is 6.77. The average molecular weight is 335 g/mol. The number of anilines is 2. The van der Waals surface area contributed by atoms with E-state index in [4.69, 9.17) is 0 Å². The second-order valence-electron chi connectivity index (χ2n) is 6.12. The van der Waals surface area contributed by atoms with Crippen molar-refractivity contribution in [2.75, 3.05) is 62.6 Å². The van der Waals surface area contributed by atoms with E-state index in [0.717, 1.165) is 39.3 Å². The summed E-state index contributed by atoms with van der Waals surface area (Å²) in [7, 11) is 4.38. The number of nitrogens with zero attached hydrogens (tertiary/aromatic N) is 4. The normalized spacial score (nSPS) is 21.2. The Bertz CT molecular complexity index is 663. The van der Waals surface area contributed by atoms with Crippen LogP contribution in [0.4, 0.5) is 11.4 Å². The molecule has 0 saturated carbocycles. The van der Waals surface area contributed by atoms with Crippen LogP contribution in [0.1, 0.15) is 0 Å². The van der Waals surface area contributed by atoms with Gasteiger partial charge in [-0.15, -0.1) is 11.3 Å². The van der Waals surface area contributed by atoms with Crippen LogP contribution in [-0.4, -0.2) is 62.6 Å². The summed E-state index contributed by atoms with van der Waals surface area (Å²) in [5.74, 6) is 0. The fourth-order valence-corrected chi connectivity index (χ4v) is 4.85. The van der Waals surface area contributed by atoms with Gasteiger partial charge >= 0.3 is 0 Å². The molecular formula is C16H22N4S2. The molecule has 0 aliphatic carbocycles. The van der Waals surface area contributed by atoms with Crippen LogP contribution >= 0.6 is 23.5 Å². The molecule has 2 fully saturated rings. The second-order valence-corrected chi connectivity index (χ2v) is 8.30. The first-order valence-electron chi connectivity index (χ1n) is 7.82. The lowest BCUT2D eigenvalue weighted by molar-refractivity contribution is 0.313. The molecule has 4 rings (SSSR count). The lowest BCUT2D eigenvalue weighted by atomic mass is 10.1. The van der Waals surface area contributed by atoms with E-state index in [1.165, 1.54) is 21.5 Å². The van der Waals surface area contributed by atoms with Gasteiger partial charge in [0.2, 0.25) is 0 Å². The van der Waals surface area contributed by atoms with E-state index in [-0.39, 0.29) is 0 Å². The Morgan fingerprint density at radius 3 is 2.50 bits per heavy atom. The zero-order valence-electron chi connectivity index (χ0n) is 13.2. The first kappa shape index (κ1) is 14.6. The van der Waals surface area contributed by atoms with Crippen LogP contribution in [0.15, 0.2) is 23.6 Å². The van der Waals surface area contributed by atoms with Crippen LogP contribution in [0.2, 0.25) is 0 Å². The maximum absolute atomic E-state index is 2.56. The summed E-state index contributed by atoms with van der Waals surface area (Å²) in [6.07, 6.45) is 0. The topological polar surface area (TPSA) is 13.0 Å². The third-order valence-electron chi connectivity index (χ3n) is 4.52. The molecule has 2 aromatic rings. The maximum atomic E-state index is 2.56. The van der Waals surface area contributed by atoms with Crippen molar-refractivity contribution in [3.05, 3.63) is 23.6 Å². The molecular weight excluding hydrogens is 312 g/mol. The number of piperazine rings is 1. The molecule has 1 aromatic heterocycles. The molecule has 0 N–H and O–H groups in total. The van der Waals surface area contributed by atoms with Crippen molar-refractivity contribution in [2.45, 2.75) is 0 Å². The molecule has 3 heterocycles. The number of hydrogen-bond donors (Lipinski definition) is 0. The van der Waals surface area contributed by atoms with Crippen molar-refractivity contribution in [1.82, 2.24) is 9.21 Å². The van der Waals surface area contributed by atoms with Crippen molar-refractivity contribution in [2.24, 2.45) is 0 Å². The molecule has 0 bridgehead atoms. The van der Waals surface area contributed by atoms with Gasteiger partial charge < -0.3 is 14.1 Å². The zero-order valence-corrected chi connectivity index (χ0v) is 14.8. The lowest BCUT2D eigenvalue weighted by Gasteiger charge is -2.35. The van der Waals surface area contributed by atoms with Crippen LogP contribution in [0.5, 0.6) is 0 Å². The Kier molecular flexibility index (Phi) is 3.94. The average Bonchev–Trinajstić information content (AvgIpc) is 3.15. The van der Waals surface area contributed by atoms with E-state index >= 15 is 0 Å². The van der Waals surface area contributed by atoms with Crippen LogP contribution in [-0.2, 0) is 0 Å². The molecule has 2 aliphatic rings. The standard InChI is InChI=1S/C16H22N4S2/c1-17-4-7-19(8-5-17)15-11-13(20-9-6-18(2)22-20)12-16-14(15)3-10-21-16/h3,10-12H,4-9H2,1-2H3. The Hall–Kier alpha value is -0.950. The number of benzene rings is 1. The van der Waals surface area contributed by atoms with Gasteiger partial charge in [-0.2, -0.15) is 0 Å². The SMILES string of the molecule is CN1CCN(c2cc(N3CCN(C)S3)cc3sccc23)CC1. The molecule has 1 aromatic carbocycles. The van der Waals surface area contributed by atoms with Crippen LogP contribution in [0, 0.1) is 0 Å². The van der Waals surface area contributed by atoms with Gasteiger partial charge in [0.15, 0.2) is 0 Å². The van der Waals surface area contributed by atoms with Gasteiger partial charge in [0.1, 0.15) is 0 Å². The molecule has 118 valence electrons. The minimum Gasteiger partial charge on any atom is -0.368 e. The first-order chi connectivity index (χ1) is 10.7. The Morgan fingerprint density at radius 1 is 0.955 bits per heavy atom. The van der Waals surface area contributed by atoms with Crippen molar-refractivity contribution in [3.63, 3.8) is 0 Å². The molecule has 0 radical (unpaired) electrons. The molecule has 0 amide bonds. The van der Waals surface area contributed by atoms with Gasteiger partial charge in [-0.1, -0.05) is 0 Å². The highest BCUT2D eigenvalue weighted by Crippen LogP contribution is 2.39. The Balaban J connectivity index is 1.71. The number of likely N-dealkylation sites (N-methyl/N-ethyl adjacent to an activating group) is 2. The van der Waals surface area contributed by atoms with Crippen molar-refractivity contribution < 1.29 is 0 Å². The van der Waals surface area contributed by atoms with E-state index in [1.54, 1.807) is 0 Å². The number of thiophene rings is 1. The molecule has 2 aliphatic heterocycles. The van der Waals surface area contributed by atoms with Gasteiger partial charge in [0.05, 0.1) is 5.69 Å². The highest BCUT2D eigenvalue weighted by Gasteiger charge is 2.22. The fraction of sp³-hybridized carbons (Fsp3) is 0.500. The smallest absolute Gasteiger partial charge is 0.0517 e. The van der Waals surface area contributed by atoms with Crippen molar-refractivity contribution >= 4 is 44.9 Å². The van der Waals surface area contributed by atoms with Gasteiger partial charge in [0.25, 0.3) is 0 Å². The predicted molar refractivity (Wildman–Crippen MR) is 99.1 cm³/mol. The summed E-state index contributed by atoms with van der Waals surface area (Å²) >= 11 is 3.68. The summed E-state index contributed by atoms with van der Waals surface area (Å²) in [5.41, 5.74) is 2.76.